The Morgan fingerprint density at radius 2 is 1.97 bits per heavy atom. The Balaban J connectivity index is 1.47. The molecule has 3 aromatic rings. The van der Waals surface area contributed by atoms with E-state index >= 15 is 0 Å². The van der Waals surface area contributed by atoms with Crippen LogP contribution in [0.1, 0.15) is 64.6 Å². The lowest BCUT2D eigenvalue weighted by Gasteiger charge is -2.19. The molecule has 1 aliphatic rings. The van der Waals surface area contributed by atoms with Gasteiger partial charge < -0.3 is 14.6 Å². The molecule has 0 unspecified atom stereocenters. The summed E-state index contributed by atoms with van der Waals surface area (Å²) in [6.45, 7) is 5.12. The number of carbonyl (C=O) groups excluding carboxylic acids is 2. The van der Waals surface area contributed by atoms with Crippen molar-refractivity contribution in [2.24, 2.45) is 0 Å². The first-order valence-corrected chi connectivity index (χ1v) is 11.0. The maximum atomic E-state index is 12.7. The van der Waals surface area contributed by atoms with Gasteiger partial charge in [0.25, 0.3) is 5.91 Å². The van der Waals surface area contributed by atoms with E-state index < -0.39 is 18.5 Å². The number of carbonyl (C=O) groups is 2. The van der Waals surface area contributed by atoms with Crippen LogP contribution in [0.4, 0.5) is 5.82 Å². The van der Waals surface area contributed by atoms with Crippen LogP contribution >= 0.6 is 0 Å². The van der Waals surface area contributed by atoms with Gasteiger partial charge >= 0.3 is 5.97 Å². The zero-order chi connectivity index (χ0) is 23.5. The van der Waals surface area contributed by atoms with Crippen molar-refractivity contribution < 1.29 is 14.3 Å². The number of rotatable bonds is 6. The van der Waals surface area contributed by atoms with E-state index in [4.69, 9.17) is 4.74 Å². The number of ether oxygens (including phenoxy) is 1. The lowest BCUT2D eigenvalue weighted by atomic mass is 10.2. The predicted octanol–water partition coefficient (Wildman–Crippen LogP) is 3.78. The van der Waals surface area contributed by atoms with Crippen molar-refractivity contribution in [1.29, 1.82) is 5.26 Å². The standard InChI is InChI=1S/C24H26N6O3/c1-15-16(2)29(18-8-4-5-9-18)23(19(15)12-25)28-22(31)14-33-24(32)20-13-27-30(17(20)3)21-10-6-7-11-26-21/h6-7,10-11,13,18H,4-5,8-9,14H2,1-3H3,(H,28,31). The SMILES string of the molecule is Cc1c(C#N)c(NC(=O)COC(=O)c2cnn(-c3ccccn3)c2C)n(C2CCCC2)c1C. The molecule has 0 aliphatic heterocycles. The van der Waals surface area contributed by atoms with E-state index in [1.165, 1.54) is 10.9 Å². The Morgan fingerprint density at radius 1 is 1.21 bits per heavy atom. The normalized spacial score (nSPS) is 13.6. The minimum Gasteiger partial charge on any atom is -0.452 e. The van der Waals surface area contributed by atoms with Crippen LogP contribution in [0.3, 0.4) is 0 Å². The summed E-state index contributed by atoms with van der Waals surface area (Å²) in [5.74, 6) is -0.0796. The number of pyridine rings is 1. The third-order valence-corrected chi connectivity index (χ3v) is 6.25. The van der Waals surface area contributed by atoms with Gasteiger partial charge in [-0.3, -0.25) is 4.79 Å². The van der Waals surface area contributed by atoms with Crippen molar-refractivity contribution in [2.45, 2.75) is 52.5 Å². The summed E-state index contributed by atoms with van der Waals surface area (Å²) >= 11 is 0. The van der Waals surface area contributed by atoms with Crippen molar-refractivity contribution in [3.8, 4) is 11.9 Å². The van der Waals surface area contributed by atoms with E-state index in [0.717, 1.165) is 36.9 Å². The molecule has 0 spiro atoms. The number of nitrogens with one attached hydrogen (secondary N) is 1. The average molecular weight is 447 g/mol. The number of hydrogen-bond donors (Lipinski definition) is 1. The molecule has 3 aromatic heterocycles. The maximum Gasteiger partial charge on any atom is 0.342 e. The summed E-state index contributed by atoms with van der Waals surface area (Å²) in [6, 6.07) is 7.86. The fraction of sp³-hybridized carbons (Fsp3) is 0.375. The van der Waals surface area contributed by atoms with Gasteiger partial charge in [-0.15, -0.1) is 0 Å². The highest BCUT2D eigenvalue weighted by atomic mass is 16.5. The number of hydrogen-bond acceptors (Lipinski definition) is 6. The maximum absolute atomic E-state index is 12.7. The molecule has 1 fully saturated rings. The first-order chi connectivity index (χ1) is 15.9. The highest BCUT2D eigenvalue weighted by Gasteiger charge is 2.27. The highest BCUT2D eigenvalue weighted by Crippen LogP contribution is 2.37. The van der Waals surface area contributed by atoms with Crippen LogP contribution < -0.4 is 5.32 Å². The largest absolute Gasteiger partial charge is 0.452 e. The van der Waals surface area contributed by atoms with Crippen molar-refractivity contribution >= 4 is 17.7 Å². The average Bonchev–Trinajstić information content (AvgIpc) is 3.52. The van der Waals surface area contributed by atoms with Crippen LogP contribution in [0.25, 0.3) is 5.82 Å². The molecule has 1 amide bonds. The van der Waals surface area contributed by atoms with Crippen LogP contribution in [-0.2, 0) is 9.53 Å². The van der Waals surface area contributed by atoms with Crippen molar-refractivity contribution in [3.63, 3.8) is 0 Å². The highest BCUT2D eigenvalue weighted by molar-refractivity contribution is 5.96. The molecular formula is C24H26N6O3. The minimum absolute atomic E-state index is 0.253. The fourth-order valence-corrected chi connectivity index (χ4v) is 4.40. The second kappa shape index (κ2) is 9.28. The number of anilines is 1. The molecule has 4 rings (SSSR count). The van der Waals surface area contributed by atoms with Gasteiger partial charge in [-0.25, -0.2) is 14.5 Å². The molecule has 9 heteroatoms. The van der Waals surface area contributed by atoms with Gasteiger partial charge in [0.05, 0.1) is 17.5 Å². The molecule has 1 aliphatic carbocycles. The van der Waals surface area contributed by atoms with Gasteiger partial charge in [0.15, 0.2) is 12.4 Å². The lowest BCUT2D eigenvalue weighted by Crippen LogP contribution is -2.24. The third-order valence-electron chi connectivity index (χ3n) is 6.25. The van der Waals surface area contributed by atoms with E-state index in [9.17, 15) is 14.9 Å². The fourth-order valence-electron chi connectivity index (χ4n) is 4.40. The molecule has 0 saturated heterocycles. The molecule has 1 saturated carbocycles. The third kappa shape index (κ3) is 4.24. The Hall–Kier alpha value is -3.93. The lowest BCUT2D eigenvalue weighted by molar-refractivity contribution is -0.119. The van der Waals surface area contributed by atoms with Crippen molar-refractivity contribution in [2.75, 3.05) is 11.9 Å². The number of esters is 1. The molecule has 1 N–H and O–H groups in total. The van der Waals surface area contributed by atoms with E-state index in [1.807, 2.05) is 19.9 Å². The second-order valence-corrected chi connectivity index (χ2v) is 8.22. The second-order valence-electron chi connectivity index (χ2n) is 8.22. The zero-order valence-corrected chi connectivity index (χ0v) is 19.0. The van der Waals surface area contributed by atoms with Gasteiger partial charge in [-0.05, 0) is 51.3 Å². The number of aromatic nitrogens is 4. The summed E-state index contributed by atoms with van der Waals surface area (Å²) in [5.41, 5.74) is 3.10. The minimum atomic E-state index is -0.649. The molecule has 0 atom stereocenters. The molecule has 9 nitrogen and oxygen atoms in total. The Kier molecular flexibility index (Phi) is 6.27. The number of nitrogens with zero attached hydrogens (tertiary/aromatic N) is 5. The van der Waals surface area contributed by atoms with Crippen LogP contribution in [0, 0.1) is 32.1 Å². The summed E-state index contributed by atoms with van der Waals surface area (Å²) in [4.78, 5) is 29.5. The molecule has 0 bridgehead atoms. The molecule has 170 valence electrons. The molecule has 0 aromatic carbocycles. The van der Waals surface area contributed by atoms with Crippen LogP contribution in [-0.4, -0.2) is 37.8 Å². The first kappa shape index (κ1) is 22.3. The van der Waals surface area contributed by atoms with Gasteiger partial charge in [-0.2, -0.15) is 10.4 Å². The van der Waals surface area contributed by atoms with Crippen LogP contribution in [0.15, 0.2) is 30.6 Å². The monoisotopic (exact) mass is 446 g/mol. The zero-order valence-electron chi connectivity index (χ0n) is 19.0. The van der Waals surface area contributed by atoms with Gasteiger partial charge in [0, 0.05) is 17.9 Å². The van der Waals surface area contributed by atoms with Crippen LogP contribution in [0.2, 0.25) is 0 Å². The van der Waals surface area contributed by atoms with Crippen molar-refractivity contribution in [3.05, 3.63) is 58.7 Å². The predicted molar refractivity (Wildman–Crippen MR) is 121 cm³/mol. The summed E-state index contributed by atoms with van der Waals surface area (Å²) in [7, 11) is 0. The van der Waals surface area contributed by atoms with E-state index in [0.29, 0.717) is 22.9 Å². The molecule has 33 heavy (non-hydrogen) atoms. The quantitative estimate of drug-likeness (QED) is 0.576. The first-order valence-electron chi connectivity index (χ1n) is 11.0. The smallest absolute Gasteiger partial charge is 0.342 e. The molecule has 0 radical (unpaired) electrons. The van der Waals surface area contributed by atoms with Gasteiger partial charge in [0.2, 0.25) is 0 Å². The Morgan fingerprint density at radius 3 is 2.64 bits per heavy atom. The van der Waals surface area contributed by atoms with Crippen molar-refractivity contribution in [1.82, 2.24) is 19.3 Å². The summed E-state index contributed by atoms with van der Waals surface area (Å²) < 4.78 is 8.85. The van der Waals surface area contributed by atoms with E-state index in [2.05, 4.69) is 26.0 Å². The summed E-state index contributed by atoms with van der Waals surface area (Å²) in [5, 5.41) is 16.7. The van der Waals surface area contributed by atoms with Crippen LogP contribution in [0.5, 0.6) is 0 Å². The summed E-state index contributed by atoms with van der Waals surface area (Å²) in [6.07, 6.45) is 7.31. The van der Waals surface area contributed by atoms with E-state index in [-0.39, 0.29) is 11.6 Å². The van der Waals surface area contributed by atoms with E-state index in [1.54, 1.807) is 25.3 Å². The number of nitriles is 1. The Labute approximate surface area is 192 Å². The Bertz CT molecular complexity index is 1230. The molecule has 3 heterocycles. The molecular weight excluding hydrogens is 420 g/mol. The van der Waals surface area contributed by atoms with Gasteiger partial charge in [-0.1, -0.05) is 18.9 Å². The topological polar surface area (TPSA) is 115 Å². The van der Waals surface area contributed by atoms with Gasteiger partial charge in [0.1, 0.15) is 17.5 Å². The number of amides is 1.